The van der Waals surface area contributed by atoms with E-state index >= 15 is 0 Å². The van der Waals surface area contributed by atoms with Crippen LogP contribution in [0.2, 0.25) is 0 Å². The smallest absolute Gasteiger partial charge is 0.271 e. The second-order valence-electron chi connectivity index (χ2n) is 3.91. The Kier molecular flexibility index (Phi) is 3.47. The largest absolute Gasteiger partial charge is 0.397 e. The van der Waals surface area contributed by atoms with Gasteiger partial charge in [-0.25, -0.2) is 13.2 Å². The molecule has 20 heavy (non-hydrogen) atoms. The van der Waals surface area contributed by atoms with Crippen molar-refractivity contribution in [2.24, 2.45) is 0 Å². The molecule has 2 aromatic carbocycles. The number of nitrogens with one attached hydrogen (secondary N) is 1. The van der Waals surface area contributed by atoms with Crippen LogP contribution in [0.1, 0.15) is 0 Å². The summed E-state index contributed by atoms with van der Waals surface area (Å²) in [5.74, 6) is -4.28. The Bertz CT molecular complexity index is 669. The molecule has 0 bridgehead atoms. The number of rotatable bonds is 3. The highest BCUT2D eigenvalue weighted by molar-refractivity contribution is 5.74. The van der Waals surface area contributed by atoms with Gasteiger partial charge >= 0.3 is 0 Å². The quantitative estimate of drug-likeness (QED) is 0.392. The van der Waals surface area contributed by atoms with Crippen molar-refractivity contribution in [2.75, 3.05) is 11.1 Å². The zero-order valence-electron chi connectivity index (χ0n) is 9.86. The van der Waals surface area contributed by atoms with E-state index in [0.29, 0.717) is 0 Å². The zero-order valence-corrected chi connectivity index (χ0v) is 9.86. The number of non-ortho nitro benzene ring substituents is 1. The van der Waals surface area contributed by atoms with Crippen molar-refractivity contribution in [1.82, 2.24) is 0 Å². The Morgan fingerprint density at radius 3 is 2.20 bits per heavy atom. The molecule has 0 fully saturated rings. The van der Waals surface area contributed by atoms with E-state index in [4.69, 9.17) is 5.73 Å². The van der Waals surface area contributed by atoms with Crippen molar-refractivity contribution in [3.8, 4) is 0 Å². The predicted molar refractivity (Wildman–Crippen MR) is 67.1 cm³/mol. The maximum atomic E-state index is 13.0. The molecule has 5 nitrogen and oxygen atoms in total. The average molecular weight is 283 g/mol. The number of nitro groups is 1. The number of nitrogen functional groups attached to an aromatic ring is 1. The summed E-state index contributed by atoms with van der Waals surface area (Å²) >= 11 is 0. The average Bonchev–Trinajstić information content (AvgIpc) is 2.38. The molecule has 0 spiro atoms. The summed E-state index contributed by atoms with van der Waals surface area (Å²) in [6.45, 7) is 0. The molecule has 0 aliphatic carbocycles. The Labute approximate surface area is 111 Å². The first-order valence-electron chi connectivity index (χ1n) is 5.34. The molecule has 0 atom stereocenters. The number of nitrogens with zero attached hydrogens (tertiary/aromatic N) is 1. The van der Waals surface area contributed by atoms with Gasteiger partial charge < -0.3 is 11.1 Å². The van der Waals surface area contributed by atoms with E-state index in [9.17, 15) is 23.3 Å². The van der Waals surface area contributed by atoms with Crippen molar-refractivity contribution >= 4 is 22.7 Å². The van der Waals surface area contributed by atoms with Crippen LogP contribution in [0.4, 0.5) is 35.9 Å². The minimum Gasteiger partial charge on any atom is -0.397 e. The van der Waals surface area contributed by atoms with Gasteiger partial charge in [0.15, 0.2) is 17.5 Å². The highest BCUT2D eigenvalue weighted by Gasteiger charge is 2.12. The number of benzene rings is 2. The van der Waals surface area contributed by atoms with Crippen LogP contribution in [0.25, 0.3) is 0 Å². The molecule has 0 saturated heterocycles. The first-order valence-corrected chi connectivity index (χ1v) is 5.34. The van der Waals surface area contributed by atoms with Crippen molar-refractivity contribution in [2.45, 2.75) is 0 Å². The molecule has 104 valence electrons. The minimum atomic E-state index is -1.58. The van der Waals surface area contributed by atoms with Gasteiger partial charge in [0.1, 0.15) is 0 Å². The fourth-order valence-corrected chi connectivity index (χ4v) is 1.56. The van der Waals surface area contributed by atoms with Crippen LogP contribution >= 0.6 is 0 Å². The van der Waals surface area contributed by atoms with Gasteiger partial charge in [-0.15, -0.1) is 0 Å². The minimum absolute atomic E-state index is 0.0179. The number of nitrogens with two attached hydrogens (primary N) is 1. The van der Waals surface area contributed by atoms with E-state index in [0.717, 1.165) is 18.2 Å². The number of halogens is 3. The van der Waals surface area contributed by atoms with Gasteiger partial charge in [0, 0.05) is 30.0 Å². The van der Waals surface area contributed by atoms with Crippen LogP contribution in [-0.2, 0) is 0 Å². The van der Waals surface area contributed by atoms with Gasteiger partial charge in [0.25, 0.3) is 5.69 Å². The third kappa shape index (κ3) is 2.63. The van der Waals surface area contributed by atoms with Gasteiger partial charge in [-0.2, -0.15) is 0 Å². The van der Waals surface area contributed by atoms with Gasteiger partial charge in [0.2, 0.25) is 0 Å². The normalized spacial score (nSPS) is 10.3. The highest BCUT2D eigenvalue weighted by atomic mass is 19.2. The van der Waals surface area contributed by atoms with Crippen LogP contribution in [0.3, 0.4) is 0 Å². The van der Waals surface area contributed by atoms with Gasteiger partial charge in [-0.05, 0) is 6.07 Å². The van der Waals surface area contributed by atoms with Gasteiger partial charge in [0.05, 0.1) is 16.3 Å². The number of anilines is 3. The van der Waals surface area contributed by atoms with Crippen LogP contribution < -0.4 is 11.1 Å². The fraction of sp³-hybridized carbons (Fsp3) is 0. The lowest BCUT2D eigenvalue weighted by molar-refractivity contribution is -0.384. The summed E-state index contributed by atoms with van der Waals surface area (Å²) in [4.78, 5) is 9.91. The fourth-order valence-electron chi connectivity index (χ4n) is 1.56. The lowest BCUT2D eigenvalue weighted by atomic mass is 10.2. The molecule has 0 saturated carbocycles. The summed E-state index contributed by atoms with van der Waals surface area (Å²) in [6, 6.07) is 5.05. The monoisotopic (exact) mass is 283 g/mol. The molecule has 0 unspecified atom stereocenters. The third-order valence-electron chi connectivity index (χ3n) is 2.51. The Hall–Kier alpha value is -2.77. The van der Waals surface area contributed by atoms with E-state index in [1.54, 1.807) is 0 Å². The van der Waals surface area contributed by atoms with E-state index in [-0.39, 0.29) is 22.7 Å². The first kappa shape index (κ1) is 13.7. The maximum Gasteiger partial charge on any atom is 0.271 e. The molecule has 8 heteroatoms. The lowest BCUT2D eigenvalue weighted by Gasteiger charge is -2.09. The Morgan fingerprint density at radius 1 is 1.10 bits per heavy atom. The SMILES string of the molecule is Nc1cc([N+](=O)[O-])ccc1Nc1cc(F)c(F)c(F)c1. The standard InChI is InChI=1S/C12H8F3N3O2/c13-8-3-6(4-9(14)12(8)15)17-11-2-1-7(18(19)20)5-10(11)16/h1-5,17H,16H2. The molecule has 3 N–H and O–H groups in total. The molecule has 0 aliphatic heterocycles. The summed E-state index contributed by atoms with van der Waals surface area (Å²) in [5.41, 5.74) is 5.53. The van der Waals surface area contributed by atoms with Gasteiger partial charge in [-0.1, -0.05) is 0 Å². The van der Waals surface area contributed by atoms with Crippen molar-refractivity contribution in [3.05, 3.63) is 57.9 Å². The van der Waals surface area contributed by atoms with E-state index in [2.05, 4.69) is 5.32 Å². The second-order valence-corrected chi connectivity index (χ2v) is 3.91. The maximum absolute atomic E-state index is 13.0. The second kappa shape index (κ2) is 5.08. The molecule has 2 aromatic rings. The molecule has 2 rings (SSSR count). The summed E-state index contributed by atoms with van der Waals surface area (Å²) in [5, 5.41) is 13.1. The third-order valence-corrected chi connectivity index (χ3v) is 2.51. The highest BCUT2D eigenvalue weighted by Crippen LogP contribution is 2.28. The van der Waals surface area contributed by atoms with Crippen molar-refractivity contribution in [3.63, 3.8) is 0 Å². The van der Waals surface area contributed by atoms with Crippen molar-refractivity contribution in [1.29, 1.82) is 0 Å². The molecular formula is C12H8F3N3O2. The number of nitro benzene ring substituents is 1. The Morgan fingerprint density at radius 2 is 1.70 bits per heavy atom. The van der Waals surface area contributed by atoms with Crippen molar-refractivity contribution < 1.29 is 18.1 Å². The topological polar surface area (TPSA) is 81.2 Å². The van der Waals surface area contributed by atoms with Crippen LogP contribution in [0.15, 0.2) is 30.3 Å². The number of hydrogen-bond donors (Lipinski definition) is 2. The molecule has 0 heterocycles. The molecule has 0 amide bonds. The predicted octanol–water partition coefficient (Wildman–Crippen LogP) is 3.34. The molecular weight excluding hydrogens is 275 g/mol. The van der Waals surface area contributed by atoms with E-state index in [1.165, 1.54) is 12.1 Å². The molecule has 0 radical (unpaired) electrons. The van der Waals surface area contributed by atoms with E-state index < -0.39 is 22.4 Å². The van der Waals surface area contributed by atoms with Crippen LogP contribution in [0, 0.1) is 27.6 Å². The van der Waals surface area contributed by atoms with E-state index in [1.807, 2.05) is 0 Å². The summed E-state index contributed by atoms with van der Waals surface area (Å²) in [6.07, 6.45) is 0. The van der Waals surface area contributed by atoms with Crippen LogP contribution in [-0.4, -0.2) is 4.92 Å². The number of hydrogen-bond acceptors (Lipinski definition) is 4. The molecule has 0 aromatic heterocycles. The van der Waals surface area contributed by atoms with Gasteiger partial charge in [-0.3, -0.25) is 10.1 Å². The lowest BCUT2D eigenvalue weighted by Crippen LogP contribution is -2.00. The summed E-state index contributed by atoms with van der Waals surface area (Å²) < 4.78 is 38.9. The van der Waals surface area contributed by atoms with Crippen LogP contribution in [0.5, 0.6) is 0 Å². The first-order chi connectivity index (χ1) is 9.38. The zero-order chi connectivity index (χ0) is 14.9. The Balaban J connectivity index is 2.33. The molecule has 0 aliphatic rings. The summed E-state index contributed by atoms with van der Waals surface area (Å²) in [7, 11) is 0.